The van der Waals surface area contributed by atoms with Gasteiger partial charge in [-0.3, -0.25) is 9.59 Å². The van der Waals surface area contributed by atoms with Crippen molar-refractivity contribution in [2.24, 2.45) is 23.2 Å². The molecular weight excluding hydrogens is 394 g/mol. The van der Waals surface area contributed by atoms with Gasteiger partial charge in [0.1, 0.15) is 11.6 Å². The number of hydrogen-bond donors (Lipinski definition) is 1. The molecule has 1 saturated heterocycles. The molecule has 3 fully saturated rings. The Kier molecular flexibility index (Phi) is 5.70. The smallest absolute Gasteiger partial charge is 0.408 e. The van der Waals surface area contributed by atoms with E-state index >= 15 is 0 Å². The fourth-order valence-corrected chi connectivity index (χ4v) is 5.37. The van der Waals surface area contributed by atoms with Crippen molar-refractivity contribution in [2.45, 2.75) is 90.8 Å². The molecule has 1 aliphatic heterocycles. The Labute approximate surface area is 177 Å². The molecular formula is C22H34F2N2O4. The van der Waals surface area contributed by atoms with Gasteiger partial charge in [0.15, 0.2) is 5.78 Å². The number of alkyl carbamates (subject to hydrolysis) is 1. The second-order valence-electron chi connectivity index (χ2n) is 10.8. The van der Waals surface area contributed by atoms with E-state index in [0.717, 1.165) is 0 Å². The van der Waals surface area contributed by atoms with E-state index in [4.69, 9.17) is 4.74 Å². The fraction of sp³-hybridized carbons (Fsp3) is 0.864. The molecule has 2 saturated carbocycles. The van der Waals surface area contributed by atoms with E-state index < -0.39 is 35.6 Å². The maximum absolute atomic E-state index is 13.7. The van der Waals surface area contributed by atoms with E-state index in [0.29, 0.717) is 6.54 Å². The molecule has 0 bridgehead atoms. The summed E-state index contributed by atoms with van der Waals surface area (Å²) in [6.07, 6.45) is -1.11. The second-order valence-corrected chi connectivity index (χ2v) is 10.8. The number of piperidine rings is 1. The summed E-state index contributed by atoms with van der Waals surface area (Å²) in [5.74, 6) is -3.24. The Hall–Kier alpha value is -1.73. The van der Waals surface area contributed by atoms with Gasteiger partial charge in [0.05, 0.1) is 6.04 Å². The van der Waals surface area contributed by atoms with Crippen molar-refractivity contribution < 1.29 is 27.9 Å². The molecule has 4 atom stereocenters. The maximum atomic E-state index is 13.7. The van der Waals surface area contributed by atoms with Gasteiger partial charge in [-0.1, -0.05) is 13.8 Å². The number of nitrogens with one attached hydrogen (secondary N) is 1. The SMILES string of the molecule is CC(=O)C1C2C(CN1C(=O)C(NC(=O)OC(C)(C)C)C1CCC(F)(F)CC1)C2(C)C. The number of halogens is 2. The van der Waals surface area contributed by atoms with Gasteiger partial charge in [-0.2, -0.15) is 0 Å². The van der Waals surface area contributed by atoms with E-state index in [1.54, 1.807) is 25.7 Å². The second kappa shape index (κ2) is 7.45. The van der Waals surface area contributed by atoms with Crippen LogP contribution in [0.4, 0.5) is 13.6 Å². The number of carbonyl (C=O) groups excluding carboxylic acids is 3. The van der Waals surface area contributed by atoms with Crippen molar-refractivity contribution in [3.8, 4) is 0 Å². The highest BCUT2D eigenvalue weighted by Crippen LogP contribution is 2.65. The molecule has 1 N–H and O–H groups in total. The van der Waals surface area contributed by atoms with Crippen LogP contribution >= 0.6 is 0 Å². The number of fused-ring (bicyclic) bond motifs is 1. The molecule has 0 radical (unpaired) electrons. The number of amides is 2. The lowest BCUT2D eigenvalue weighted by atomic mass is 9.81. The molecule has 3 aliphatic rings. The third kappa shape index (κ3) is 4.47. The highest BCUT2D eigenvalue weighted by Gasteiger charge is 2.69. The van der Waals surface area contributed by atoms with Crippen LogP contribution in [0, 0.1) is 23.2 Å². The minimum Gasteiger partial charge on any atom is -0.444 e. The monoisotopic (exact) mass is 428 g/mol. The minimum atomic E-state index is -2.74. The lowest BCUT2D eigenvalue weighted by Crippen LogP contribution is -2.57. The summed E-state index contributed by atoms with van der Waals surface area (Å²) in [6.45, 7) is 11.3. The third-order valence-electron chi connectivity index (χ3n) is 7.08. The summed E-state index contributed by atoms with van der Waals surface area (Å²) in [4.78, 5) is 39.9. The summed E-state index contributed by atoms with van der Waals surface area (Å²) in [5.41, 5.74) is -0.743. The first-order chi connectivity index (χ1) is 13.6. The van der Waals surface area contributed by atoms with Crippen LogP contribution in [-0.2, 0) is 14.3 Å². The number of Topliss-reactive ketones (excluding diaryl/α,β-unsaturated/α-hetero) is 1. The van der Waals surface area contributed by atoms with Gasteiger partial charge in [0.25, 0.3) is 0 Å². The Morgan fingerprint density at radius 1 is 1.13 bits per heavy atom. The van der Waals surface area contributed by atoms with Crippen LogP contribution in [0.15, 0.2) is 0 Å². The predicted molar refractivity (Wildman–Crippen MR) is 107 cm³/mol. The standard InChI is InChI=1S/C22H34F2N2O4/c1-12(27)17-15-14(21(15,5)6)11-26(17)18(28)16(25-19(29)30-20(2,3)4)13-7-9-22(23,24)10-8-13/h13-17H,7-11H2,1-6H3,(H,25,29). The molecule has 3 rings (SSSR count). The lowest BCUT2D eigenvalue weighted by molar-refractivity contribution is -0.142. The van der Waals surface area contributed by atoms with Crippen molar-refractivity contribution in [1.29, 1.82) is 0 Å². The summed E-state index contributed by atoms with van der Waals surface area (Å²) >= 11 is 0. The first kappa shape index (κ1) is 22.9. The number of likely N-dealkylation sites (tertiary alicyclic amines) is 1. The van der Waals surface area contributed by atoms with E-state index in [1.165, 1.54) is 6.92 Å². The summed E-state index contributed by atoms with van der Waals surface area (Å²) in [7, 11) is 0. The molecule has 0 aromatic rings. The maximum Gasteiger partial charge on any atom is 0.408 e. The number of rotatable bonds is 4. The van der Waals surface area contributed by atoms with Crippen LogP contribution in [0.5, 0.6) is 0 Å². The van der Waals surface area contributed by atoms with Gasteiger partial charge in [-0.25, -0.2) is 13.6 Å². The quantitative estimate of drug-likeness (QED) is 0.740. The number of ether oxygens (including phenoxy) is 1. The van der Waals surface area contributed by atoms with Crippen molar-refractivity contribution in [3.63, 3.8) is 0 Å². The van der Waals surface area contributed by atoms with Gasteiger partial charge < -0.3 is 15.0 Å². The van der Waals surface area contributed by atoms with E-state index in [9.17, 15) is 23.2 Å². The first-order valence-corrected chi connectivity index (χ1v) is 10.8. The number of alkyl halides is 2. The number of carbonyl (C=O) groups is 3. The van der Waals surface area contributed by atoms with E-state index in [-0.39, 0.29) is 54.6 Å². The third-order valence-corrected chi connectivity index (χ3v) is 7.08. The molecule has 0 aromatic carbocycles. The Morgan fingerprint density at radius 3 is 2.20 bits per heavy atom. The Morgan fingerprint density at radius 2 is 1.70 bits per heavy atom. The van der Waals surface area contributed by atoms with Crippen LogP contribution in [0.3, 0.4) is 0 Å². The highest BCUT2D eigenvalue weighted by molar-refractivity contribution is 5.93. The normalized spacial score (nSPS) is 30.9. The minimum absolute atomic E-state index is 0.00804. The Bertz CT molecular complexity index is 721. The zero-order chi connectivity index (χ0) is 22.6. The van der Waals surface area contributed by atoms with Gasteiger partial charge >= 0.3 is 6.09 Å². The molecule has 4 unspecified atom stereocenters. The predicted octanol–water partition coefficient (Wildman–Crippen LogP) is 3.78. The molecule has 6 nitrogen and oxygen atoms in total. The van der Waals surface area contributed by atoms with Crippen molar-refractivity contribution in [1.82, 2.24) is 10.2 Å². The van der Waals surface area contributed by atoms with Crippen molar-refractivity contribution >= 4 is 17.8 Å². The molecule has 0 aromatic heterocycles. The fourth-order valence-electron chi connectivity index (χ4n) is 5.37. The van der Waals surface area contributed by atoms with Gasteiger partial charge in [-0.15, -0.1) is 0 Å². The van der Waals surface area contributed by atoms with Gasteiger partial charge in [0.2, 0.25) is 11.8 Å². The largest absolute Gasteiger partial charge is 0.444 e. The van der Waals surface area contributed by atoms with Crippen LogP contribution in [0.1, 0.15) is 67.2 Å². The summed E-state index contributed by atoms with van der Waals surface area (Å²) < 4.78 is 32.7. The average Bonchev–Trinajstić information content (AvgIpc) is 2.93. The first-order valence-electron chi connectivity index (χ1n) is 10.8. The molecule has 2 amide bonds. The van der Waals surface area contributed by atoms with Crippen LogP contribution < -0.4 is 5.32 Å². The van der Waals surface area contributed by atoms with E-state index in [1.807, 2.05) is 0 Å². The summed E-state index contributed by atoms with van der Waals surface area (Å²) in [6, 6.07) is -1.50. The lowest BCUT2D eigenvalue weighted by Gasteiger charge is -2.38. The zero-order valence-corrected chi connectivity index (χ0v) is 18.8. The van der Waals surface area contributed by atoms with Crippen LogP contribution in [-0.4, -0.2) is 52.8 Å². The topological polar surface area (TPSA) is 75.7 Å². The van der Waals surface area contributed by atoms with Crippen LogP contribution in [0.2, 0.25) is 0 Å². The number of ketones is 1. The van der Waals surface area contributed by atoms with Crippen molar-refractivity contribution in [2.75, 3.05) is 6.54 Å². The van der Waals surface area contributed by atoms with Gasteiger partial charge in [0, 0.05) is 19.4 Å². The zero-order valence-electron chi connectivity index (χ0n) is 18.8. The molecule has 0 spiro atoms. The molecule has 2 aliphatic carbocycles. The average molecular weight is 429 g/mol. The molecule has 170 valence electrons. The van der Waals surface area contributed by atoms with E-state index in [2.05, 4.69) is 19.2 Å². The molecule has 1 heterocycles. The molecule has 8 heteroatoms. The number of nitrogens with zero attached hydrogens (tertiary/aromatic N) is 1. The van der Waals surface area contributed by atoms with Crippen LogP contribution in [0.25, 0.3) is 0 Å². The van der Waals surface area contributed by atoms with Gasteiger partial charge in [-0.05, 0) is 63.7 Å². The highest BCUT2D eigenvalue weighted by atomic mass is 19.3. The Balaban J connectivity index is 1.80. The summed E-state index contributed by atoms with van der Waals surface area (Å²) in [5, 5.41) is 2.65. The molecule has 30 heavy (non-hydrogen) atoms. The number of hydrogen-bond acceptors (Lipinski definition) is 4. The van der Waals surface area contributed by atoms with Crippen molar-refractivity contribution in [3.05, 3.63) is 0 Å².